The average molecular weight is 439 g/mol. The maximum Gasteiger partial charge on any atom is 0.433 e. The number of anilines is 1. The van der Waals surface area contributed by atoms with Crippen LogP contribution in [-0.2, 0) is 16.0 Å². The SMILES string of the molecule is O=C(Nc1ccc(C(F)(F)F)nc1)N1C2CCC1CC(S(=O)(=O)c1ccccc1)C2. The van der Waals surface area contributed by atoms with Gasteiger partial charge in [-0.15, -0.1) is 0 Å². The van der Waals surface area contributed by atoms with Crippen molar-refractivity contribution in [3.8, 4) is 0 Å². The van der Waals surface area contributed by atoms with Gasteiger partial charge in [0.05, 0.1) is 22.0 Å². The first-order valence-corrected chi connectivity index (χ1v) is 11.1. The largest absolute Gasteiger partial charge is 0.433 e. The predicted molar refractivity (Wildman–Crippen MR) is 104 cm³/mol. The molecule has 10 heteroatoms. The highest BCUT2D eigenvalue weighted by Gasteiger charge is 2.47. The molecule has 2 saturated heterocycles. The van der Waals surface area contributed by atoms with Gasteiger partial charge >= 0.3 is 12.2 Å². The van der Waals surface area contributed by atoms with Crippen LogP contribution in [0.5, 0.6) is 0 Å². The number of halogens is 3. The van der Waals surface area contributed by atoms with E-state index in [1.165, 1.54) is 0 Å². The van der Waals surface area contributed by atoms with Crippen molar-refractivity contribution in [1.82, 2.24) is 9.88 Å². The highest BCUT2D eigenvalue weighted by atomic mass is 32.2. The Bertz CT molecular complexity index is 1010. The van der Waals surface area contributed by atoms with Gasteiger partial charge in [0.25, 0.3) is 0 Å². The number of carbonyl (C=O) groups is 1. The Kier molecular flexibility index (Phi) is 5.21. The molecule has 2 aromatic rings. The van der Waals surface area contributed by atoms with E-state index < -0.39 is 33.0 Å². The lowest BCUT2D eigenvalue weighted by molar-refractivity contribution is -0.141. The van der Waals surface area contributed by atoms with Crippen LogP contribution in [0.15, 0.2) is 53.6 Å². The summed E-state index contributed by atoms with van der Waals surface area (Å²) in [6.07, 6.45) is -1.50. The molecule has 6 nitrogen and oxygen atoms in total. The summed E-state index contributed by atoms with van der Waals surface area (Å²) in [6.45, 7) is 0. The fourth-order valence-electron chi connectivity index (χ4n) is 4.34. The molecule has 4 rings (SSSR count). The summed E-state index contributed by atoms with van der Waals surface area (Å²) < 4.78 is 63.8. The molecule has 160 valence electrons. The molecule has 2 unspecified atom stereocenters. The van der Waals surface area contributed by atoms with Crippen molar-refractivity contribution in [1.29, 1.82) is 0 Å². The summed E-state index contributed by atoms with van der Waals surface area (Å²) in [5, 5.41) is 2.02. The van der Waals surface area contributed by atoms with Crippen molar-refractivity contribution in [2.24, 2.45) is 0 Å². The van der Waals surface area contributed by atoms with Crippen molar-refractivity contribution in [3.63, 3.8) is 0 Å². The first-order chi connectivity index (χ1) is 14.2. The van der Waals surface area contributed by atoms with Gasteiger partial charge in [-0.05, 0) is 49.9 Å². The normalized spacial score (nSPS) is 24.0. The Morgan fingerprint density at radius 3 is 2.20 bits per heavy atom. The van der Waals surface area contributed by atoms with Gasteiger partial charge in [-0.3, -0.25) is 0 Å². The summed E-state index contributed by atoms with van der Waals surface area (Å²) in [6, 6.07) is 9.34. The number of piperidine rings is 1. The molecular formula is C20H20F3N3O3S. The van der Waals surface area contributed by atoms with Crippen molar-refractivity contribution in [2.45, 2.75) is 54.1 Å². The number of amides is 2. The maximum atomic E-state index is 13.0. The topological polar surface area (TPSA) is 79.4 Å². The summed E-state index contributed by atoms with van der Waals surface area (Å²) in [5.41, 5.74) is -0.876. The van der Waals surface area contributed by atoms with Gasteiger partial charge in [-0.2, -0.15) is 13.2 Å². The molecule has 30 heavy (non-hydrogen) atoms. The third-order valence-corrected chi connectivity index (χ3v) is 7.93. The zero-order valence-electron chi connectivity index (χ0n) is 15.8. The molecule has 0 aliphatic carbocycles. The third-order valence-electron chi connectivity index (χ3n) is 5.74. The zero-order chi connectivity index (χ0) is 21.5. The molecule has 2 atom stereocenters. The van der Waals surface area contributed by atoms with Gasteiger partial charge < -0.3 is 10.2 Å². The van der Waals surface area contributed by atoms with Gasteiger partial charge in [0.2, 0.25) is 0 Å². The molecule has 2 amide bonds. The summed E-state index contributed by atoms with van der Waals surface area (Å²) in [4.78, 5) is 18.0. The van der Waals surface area contributed by atoms with E-state index >= 15 is 0 Å². The number of nitrogens with one attached hydrogen (secondary N) is 1. The van der Waals surface area contributed by atoms with E-state index in [2.05, 4.69) is 10.3 Å². The van der Waals surface area contributed by atoms with Crippen LogP contribution in [0.3, 0.4) is 0 Å². The lowest BCUT2D eigenvalue weighted by atomic mass is 10.0. The van der Waals surface area contributed by atoms with Crippen LogP contribution in [0.2, 0.25) is 0 Å². The Morgan fingerprint density at radius 2 is 1.67 bits per heavy atom. The van der Waals surface area contributed by atoms with Crippen molar-refractivity contribution >= 4 is 21.6 Å². The number of benzene rings is 1. The monoisotopic (exact) mass is 439 g/mol. The van der Waals surface area contributed by atoms with E-state index in [9.17, 15) is 26.4 Å². The number of aromatic nitrogens is 1. The summed E-state index contributed by atoms with van der Waals surface area (Å²) >= 11 is 0. The number of carbonyl (C=O) groups excluding carboxylic acids is 1. The Hall–Kier alpha value is -2.62. The van der Waals surface area contributed by atoms with Crippen LogP contribution in [0.25, 0.3) is 0 Å². The lowest BCUT2D eigenvalue weighted by Crippen LogP contribution is -2.51. The highest BCUT2D eigenvalue weighted by Crippen LogP contribution is 2.40. The molecule has 0 spiro atoms. The molecule has 1 N–H and O–H groups in total. The minimum Gasteiger partial charge on any atom is -0.318 e. The number of fused-ring (bicyclic) bond motifs is 2. The number of pyridine rings is 1. The molecule has 2 aliphatic heterocycles. The smallest absolute Gasteiger partial charge is 0.318 e. The van der Waals surface area contributed by atoms with Crippen LogP contribution in [0.1, 0.15) is 31.4 Å². The number of hydrogen-bond donors (Lipinski definition) is 1. The van der Waals surface area contributed by atoms with Gasteiger partial charge in [-0.25, -0.2) is 18.2 Å². The van der Waals surface area contributed by atoms with E-state index in [0.29, 0.717) is 25.7 Å². The molecule has 0 radical (unpaired) electrons. The molecule has 1 aromatic carbocycles. The van der Waals surface area contributed by atoms with Crippen LogP contribution in [0.4, 0.5) is 23.7 Å². The second-order valence-corrected chi connectivity index (χ2v) is 9.83. The predicted octanol–water partition coefficient (Wildman–Crippen LogP) is 4.10. The van der Waals surface area contributed by atoms with E-state index in [4.69, 9.17) is 0 Å². The number of sulfone groups is 1. The van der Waals surface area contributed by atoms with Crippen molar-refractivity contribution in [2.75, 3.05) is 5.32 Å². The fourth-order valence-corrected chi connectivity index (χ4v) is 6.21. The number of alkyl halides is 3. The molecular weight excluding hydrogens is 419 g/mol. The second kappa shape index (κ2) is 7.57. The van der Waals surface area contributed by atoms with Crippen molar-refractivity contribution in [3.05, 3.63) is 54.4 Å². The minimum atomic E-state index is -4.55. The van der Waals surface area contributed by atoms with Gasteiger partial charge in [0, 0.05) is 12.1 Å². The van der Waals surface area contributed by atoms with Crippen LogP contribution < -0.4 is 5.32 Å². The highest BCUT2D eigenvalue weighted by molar-refractivity contribution is 7.92. The first kappa shape index (κ1) is 20.6. The van der Waals surface area contributed by atoms with Crippen LogP contribution in [0, 0.1) is 0 Å². The van der Waals surface area contributed by atoms with Crippen LogP contribution >= 0.6 is 0 Å². The van der Waals surface area contributed by atoms with E-state index in [0.717, 1.165) is 18.3 Å². The second-order valence-electron chi connectivity index (χ2n) is 7.60. The number of nitrogens with zero attached hydrogens (tertiary/aromatic N) is 2. The number of hydrogen-bond acceptors (Lipinski definition) is 4. The van der Waals surface area contributed by atoms with Gasteiger partial charge in [0.1, 0.15) is 5.69 Å². The average Bonchev–Trinajstić information content (AvgIpc) is 2.98. The quantitative estimate of drug-likeness (QED) is 0.781. The third kappa shape index (κ3) is 3.88. The van der Waals surface area contributed by atoms with Crippen LogP contribution in [-0.4, -0.2) is 41.7 Å². The Morgan fingerprint density at radius 1 is 1.03 bits per heavy atom. The summed E-state index contributed by atoms with van der Waals surface area (Å²) in [5.74, 6) is 0. The van der Waals surface area contributed by atoms with E-state index in [1.54, 1.807) is 35.2 Å². The molecule has 2 fully saturated rings. The summed E-state index contributed by atoms with van der Waals surface area (Å²) in [7, 11) is -3.49. The Labute approximate surface area is 172 Å². The molecule has 0 saturated carbocycles. The van der Waals surface area contributed by atoms with E-state index in [-0.39, 0.29) is 22.7 Å². The molecule has 2 bridgehead atoms. The molecule has 2 aliphatic rings. The maximum absolute atomic E-state index is 13.0. The van der Waals surface area contributed by atoms with Gasteiger partial charge in [-0.1, -0.05) is 18.2 Å². The standard InChI is InChI=1S/C20H20F3N3O3S/c21-20(22,23)18-9-6-13(12-24-18)25-19(27)26-14-7-8-15(26)11-17(10-14)30(28,29)16-4-2-1-3-5-16/h1-6,9,12,14-15,17H,7-8,10-11H2,(H,25,27). The number of rotatable bonds is 3. The molecule has 3 heterocycles. The fraction of sp³-hybridized carbons (Fsp3) is 0.400. The first-order valence-electron chi connectivity index (χ1n) is 9.58. The number of urea groups is 1. The molecule has 1 aromatic heterocycles. The van der Waals surface area contributed by atoms with Crippen molar-refractivity contribution < 1.29 is 26.4 Å². The van der Waals surface area contributed by atoms with E-state index in [1.807, 2.05) is 0 Å². The zero-order valence-corrected chi connectivity index (χ0v) is 16.7. The van der Waals surface area contributed by atoms with Gasteiger partial charge in [0.15, 0.2) is 9.84 Å². The Balaban J connectivity index is 1.46. The lowest BCUT2D eigenvalue weighted by Gasteiger charge is -2.38. The minimum absolute atomic E-state index is 0.159.